The van der Waals surface area contributed by atoms with E-state index >= 15 is 0 Å². The van der Waals surface area contributed by atoms with E-state index in [0.717, 1.165) is 0 Å². The molecule has 0 radical (unpaired) electrons. The number of aromatic hydroxyl groups is 1. The molecule has 1 rings (SSSR count). The molecule has 56 valence electrons. The molecule has 0 amide bonds. The summed E-state index contributed by atoms with van der Waals surface area (Å²) in [6.45, 7) is 0. The third kappa shape index (κ3) is 1.97. The van der Waals surface area contributed by atoms with Gasteiger partial charge in [0.1, 0.15) is 5.75 Å². The molecule has 10 heavy (non-hydrogen) atoms. The zero-order valence-corrected chi connectivity index (χ0v) is 6.62. The van der Waals surface area contributed by atoms with Gasteiger partial charge < -0.3 is 10.8 Å². The normalized spacial score (nSPS) is 8.50. The highest BCUT2D eigenvalue weighted by Crippen LogP contribution is 2.22. The van der Waals surface area contributed by atoms with Gasteiger partial charge in [-0.25, -0.2) is 0 Å². The van der Waals surface area contributed by atoms with Gasteiger partial charge in [0.2, 0.25) is 0 Å². The van der Waals surface area contributed by atoms with E-state index in [-0.39, 0.29) is 18.2 Å². The van der Waals surface area contributed by atoms with Crippen LogP contribution in [0, 0.1) is 0 Å². The van der Waals surface area contributed by atoms with Crippen LogP contribution in [0.3, 0.4) is 0 Å². The molecule has 0 aliphatic heterocycles. The first kappa shape index (κ1) is 9.40. The van der Waals surface area contributed by atoms with Crippen LogP contribution in [-0.2, 0) is 0 Å². The van der Waals surface area contributed by atoms with Gasteiger partial charge in [0.25, 0.3) is 0 Å². The van der Waals surface area contributed by atoms with Gasteiger partial charge in [0, 0.05) is 6.07 Å². The van der Waals surface area contributed by atoms with Crippen LogP contribution in [0.2, 0.25) is 5.02 Å². The Balaban J connectivity index is 0.000000810. The Labute approximate surface area is 70.0 Å². The van der Waals surface area contributed by atoms with E-state index in [9.17, 15) is 0 Å². The van der Waals surface area contributed by atoms with Gasteiger partial charge in [-0.15, -0.1) is 12.4 Å². The van der Waals surface area contributed by atoms with E-state index in [1.807, 2.05) is 0 Å². The molecule has 1 aromatic rings. The summed E-state index contributed by atoms with van der Waals surface area (Å²) in [6.07, 6.45) is 0. The summed E-state index contributed by atoms with van der Waals surface area (Å²) in [5.41, 5.74) is 5.73. The molecule has 0 fully saturated rings. The fraction of sp³-hybridized carbons (Fsp3) is 0. The second kappa shape index (κ2) is 3.54. The van der Waals surface area contributed by atoms with Crippen LogP contribution in [0.5, 0.6) is 5.75 Å². The zero-order chi connectivity index (χ0) is 6.85. The molecule has 0 aliphatic carbocycles. The van der Waals surface area contributed by atoms with Crippen LogP contribution in [0.25, 0.3) is 0 Å². The van der Waals surface area contributed by atoms with Crippen LogP contribution in [-0.4, -0.2) is 5.11 Å². The molecule has 0 aliphatic rings. The van der Waals surface area contributed by atoms with E-state index in [1.165, 1.54) is 12.1 Å². The smallest absolute Gasteiger partial charge is 0.117 e. The SMILES string of the molecule is Cl.Nc1cc(O)ccc1Cl. The Morgan fingerprint density at radius 3 is 2.40 bits per heavy atom. The van der Waals surface area contributed by atoms with Gasteiger partial charge in [-0.1, -0.05) is 11.6 Å². The van der Waals surface area contributed by atoms with E-state index in [4.69, 9.17) is 22.4 Å². The average Bonchev–Trinajstić information content (AvgIpc) is 1.80. The molecular weight excluding hydrogens is 173 g/mol. The summed E-state index contributed by atoms with van der Waals surface area (Å²) in [5, 5.41) is 9.26. The van der Waals surface area contributed by atoms with Gasteiger partial charge >= 0.3 is 0 Å². The van der Waals surface area contributed by atoms with Crippen molar-refractivity contribution in [2.45, 2.75) is 0 Å². The lowest BCUT2D eigenvalue weighted by Crippen LogP contribution is -1.83. The van der Waals surface area contributed by atoms with E-state index in [0.29, 0.717) is 10.7 Å². The molecule has 0 aromatic heterocycles. The second-order valence-corrected chi connectivity index (χ2v) is 2.11. The number of nitrogen functional groups attached to an aromatic ring is 1. The van der Waals surface area contributed by atoms with Crippen molar-refractivity contribution < 1.29 is 5.11 Å². The Hall–Kier alpha value is -0.600. The number of benzene rings is 1. The van der Waals surface area contributed by atoms with Crippen molar-refractivity contribution in [3.05, 3.63) is 23.2 Å². The maximum absolute atomic E-state index is 8.80. The number of halogens is 2. The molecule has 0 heterocycles. The standard InChI is InChI=1S/C6H6ClNO.ClH/c7-5-2-1-4(9)3-6(5)8;/h1-3,9H,8H2;1H. The summed E-state index contributed by atoms with van der Waals surface area (Å²) < 4.78 is 0. The number of phenolic OH excluding ortho intramolecular Hbond substituents is 1. The number of nitrogens with two attached hydrogens (primary N) is 1. The van der Waals surface area contributed by atoms with E-state index in [1.54, 1.807) is 6.07 Å². The number of hydrogen-bond donors (Lipinski definition) is 2. The molecule has 2 nitrogen and oxygen atoms in total. The fourth-order valence-electron chi connectivity index (χ4n) is 0.531. The lowest BCUT2D eigenvalue weighted by atomic mass is 10.3. The molecule has 0 atom stereocenters. The maximum Gasteiger partial charge on any atom is 0.117 e. The van der Waals surface area contributed by atoms with E-state index < -0.39 is 0 Å². The van der Waals surface area contributed by atoms with Crippen molar-refractivity contribution >= 4 is 29.7 Å². The maximum atomic E-state index is 8.80. The third-order valence-electron chi connectivity index (χ3n) is 0.980. The van der Waals surface area contributed by atoms with Crippen LogP contribution in [0.1, 0.15) is 0 Å². The molecule has 0 saturated carbocycles. The van der Waals surface area contributed by atoms with Crippen molar-refractivity contribution in [3.8, 4) is 5.75 Å². The summed E-state index contributed by atoms with van der Waals surface area (Å²) in [4.78, 5) is 0. The molecule has 4 heteroatoms. The Kier molecular flexibility index (Phi) is 3.33. The quantitative estimate of drug-likeness (QED) is 0.600. The zero-order valence-electron chi connectivity index (χ0n) is 5.04. The number of rotatable bonds is 0. The summed E-state index contributed by atoms with van der Waals surface area (Å²) in [6, 6.07) is 4.44. The summed E-state index contributed by atoms with van der Waals surface area (Å²) >= 11 is 5.54. The van der Waals surface area contributed by atoms with Crippen LogP contribution < -0.4 is 5.73 Å². The molecule has 1 aromatic carbocycles. The first-order valence-electron chi connectivity index (χ1n) is 2.44. The number of hydrogen-bond acceptors (Lipinski definition) is 2. The summed E-state index contributed by atoms with van der Waals surface area (Å²) in [7, 11) is 0. The average molecular weight is 180 g/mol. The predicted molar refractivity (Wildman–Crippen MR) is 44.8 cm³/mol. The number of phenols is 1. The highest BCUT2D eigenvalue weighted by atomic mass is 35.5. The van der Waals surface area contributed by atoms with Crippen molar-refractivity contribution in [2.75, 3.05) is 5.73 Å². The Bertz CT molecular complexity index is 227. The topological polar surface area (TPSA) is 46.2 Å². The monoisotopic (exact) mass is 179 g/mol. The van der Waals surface area contributed by atoms with Gasteiger partial charge in [0.15, 0.2) is 0 Å². The first-order valence-corrected chi connectivity index (χ1v) is 2.82. The Morgan fingerprint density at radius 2 is 2.00 bits per heavy atom. The molecular formula is C6H7Cl2NO. The van der Waals surface area contributed by atoms with Crippen LogP contribution in [0.15, 0.2) is 18.2 Å². The van der Waals surface area contributed by atoms with Crippen molar-refractivity contribution in [2.24, 2.45) is 0 Å². The molecule has 0 saturated heterocycles. The minimum atomic E-state index is 0. The predicted octanol–water partition coefficient (Wildman–Crippen LogP) is 2.05. The summed E-state index contributed by atoms with van der Waals surface area (Å²) in [5.74, 6) is 0.136. The minimum Gasteiger partial charge on any atom is -0.508 e. The van der Waals surface area contributed by atoms with Crippen LogP contribution >= 0.6 is 24.0 Å². The first-order chi connectivity index (χ1) is 4.20. The van der Waals surface area contributed by atoms with Gasteiger partial charge in [-0.2, -0.15) is 0 Å². The van der Waals surface area contributed by atoms with Crippen molar-refractivity contribution in [3.63, 3.8) is 0 Å². The van der Waals surface area contributed by atoms with Gasteiger partial charge in [0.05, 0.1) is 10.7 Å². The fourth-order valence-corrected chi connectivity index (χ4v) is 0.649. The van der Waals surface area contributed by atoms with E-state index in [2.05, 4.69) is 0 Å². The van der Waals surface area contributed by atoms with Crippen molar-refractivity contribution in [1.29, 1.82) is 0 Å². The largest absolute Gasteiger partial charge is 0.508 e. The molecule has 3 N–H and O–H groups in total. The van der Waals surface area contributed by atoms with Gasteiger partial charge in [-0.05, 0) is 12.1 Å². The molecule has 0 spiro atoms. The highest BCUT2D eigenvalue weighted by Gasteiger charge is 1.93. The lowest BCUT2D eigenvalue weighted by Gasteiger charge is -1.95. The molecule has 0 bridgehead atoms. The van der Waals surface area contributed by atoms with Crippen molar-refractivity contribution in [1.82, 2.24) is 0 Å². The minimum absolute atomic E-state index is 0. The third-order valence-corrected chi connectivity index (χ3v) is 1.32. The second-order valence-electron chi connectivity index (χ2n) is 1.71. The highest BCUT2D eigenvalue weighted by molar-refractivity contribution is 6.33. The molecule has 0 unspecified atom stereocenters. The Morgan fingerprint density at radius 1 is 1.40 bits per heavy atom. The van der Waals surface area contributed by atoms with Crippen LogP contribution in [0.4, 0.5) is 5.69 Å². The van der Waals surface area contributed by atoms with Gasteiger partial charge in [-0.3, -0.25) is 0 Å². The number of anilines is 1. The lowest BCUT2D eigenvalue weighted by molar-refractivity contribution is 0.475.